The van der Waals surface area contributed by atoms with Gasteiger partial charge in [-0.3, -0.25) is 0 Å². The topological polar surface area (TPSA) is 23.8 Å². The van der Waals surface area contributed by atoms with Crippen LogP contribution in [-0.4, -0.2) is 0 Å². The molecule has 90 valence electrons. The lowest BCUT2D eigenvalue weighted by atomic mass is 9.83. The van der Waals surface area contributed by atoms with Gasteiger partial charge in [-0.15, -0.1) is 0 Å². The van der Waals surface area contributed by atoms with Crippen LogP contribution in [0.15, 0.2) is 54.6 Å². The highest BCUT2D eigenvalue weighted by Crippen LogP contribution is 2.33. The van der Waals surface area contributed by atoms with Gasteiger partial charge in [0.15, 0.2) is 0 Å². The zero-order valence-electron chi connectivity index (χ0n) is 10.2. The van der Waals surface area contributed by atoms with Crippen LogP contribution in [0.25, 0.3) is 0 Å². The van der Waals surface area contributed by atoms with E-state index in [1.165, 1.54) is 6.07 Å². The predicted octanol–water partition coefficient (Wildman–Crippen LogP) is 4.24. The van der Waals surface area contributed by atoms with Crippen LogP contribution in [0.2, 0.25) is 0 Å². The molecule has 0 fully saturated rings. The number of hydrogen-bond acceptors (Lipinski definition) is 1. The van der Waals surface area contributed by atoms with E-state index >= 15 is 0 Å². The van der Waals surface area contributed by atoms with Gasteiger partial charge in [0.25, 0.3) is 0 Å². The van der Waals surface area contributed by atoms with Crippen LogP contribution in [0.1, 0.15) is 29.9 Å². The Morgan fingerprint density at radius 1 is 1.00 bits per heavy atom. The van der Waals surface area contributed by atoms with E-state index < -0.39 is 5.92 Å². The van der Waals surface area contributed by atoms with Crippen LogP contribution >= 0.6 is 0 Å². The van der Waals surface area contributed by atoms with Gasteiger partial charge in [0.2, 0.25) is 0 Å². The minimum atomic E-state index is -0.464. The molecule has 2 aromatic rings. The first-order chi connectivity index (χ1) is 8.74. The van der Waals surface area contributed by atoms with Crippen LogP contribution in [0.5, 0.6) is 0 Å². The highest BCUT2D eigenvalue weighted by molar-refractivity contribution is 5.33. The maximum atomic E-state index is 13.8. The van der Waals surface area contributed by atoms with Crippen molar-refractivity contribution in [3.05, 3.63) is 71.5 Å². The Morgan fingerprint density at radius 2 is 1.61 bits per heavy atom. The fourth-order valence-electron chi connectivity index (χ4n) is 2.13. The Kier molecular flexibility index (Phi) is 3.74. The van der Waals surface area contributed by atoms with Crippen LogP contribution < -0.4 is 0 Å². The van der Waals surface area contributed by atoms with E-state index in [1.54, 1.807) is 18.2 Å². The lowest BCUT2D eigenvalue weighted by Gasteiger charge is -2.18. The van der Waals surface area contributed by atoms with Crippen molar-refractivity contribution >= 4 is 0 Å². The Labute approximate surface area is 107 Å². The lowest BCUT2D eigenvalue weighted by molar-refractivity contribution is 0.579. The average molecular weight is 239 g/mol. The summed E-state index contributed by atoms with van der Waals surface area (Å²) < 4.78 is 13.8. The van der Waals surface area contributed by atoms with E-state index in [9.17, 15) is 9.65 Å². The Hall–Kier alpha value is -2.14. The number of nitriles is 1. The monoisotopic (exact) mass is 239 g/mol. The van der Waals surface area contributed by atoms with Gasteiger partial charge < -0.3 is 0 Å². The van der Waals surface area contributed by atoms with Gasteiger partial charge in [-0.2, -0.15) is 5.26 Å². The summed E-state index contributed by atoms with van der Waals surface area (Å²) >= 11 is 0. The standard InChI is InChI=1S/C16H14FN/c1-12(13-7-3-2-4-8-13)15(11-18)14-9-5-6-10-16(14)17/h2-10,12,15H,1H3. The van der Waals surface area contributed by atoms with E-state index in [2.05, 4.69) is 6.07 Å². The number of rotatable bonds is 3. The molecule has 0 amide bonds. The molecule has 2 aromatic carbocycles. The summed E-state index contributed by atoms with van der Waals surface area (Å²) in [4.78, 5) is 0. The SMILES string of the molecule is CC(c1ccccc1)C(C#N)c1ccccc1F. The van der Waals surface area contributed by atoms with Crippen molar-refractivity contribution < 1.29 is 4.39 Å². The predicted molar refractivity (Wildman–Crippen MR) is 69.6 cm³/mol. The Balaban J connectivity index is 2.36. The first kappa shape index (κ1) is 12.3. The van der Waals surface area contributed by atoms with Gasteiger partial charge in [0, 0.05) is 11.5 Å². The number of halogens is 1. The van der Waals surface area contributed by atoms with Crippen molar-refractivity contribution in [1.29, 1.82) is 5.26 Å². The van der Waals surface area contributed by atoms with Gasteiger partial charge in [-0.05, 0) is 11.6 Å². The molecule has 0 aromatic heterocycles. The largest absolute Gasteiger partial charge is 0.207 e. The number of nitrogens with zero attached hydrogens (tertiary/aromatic N) is 1. The molecule has 0 spiro atoms. The fraction of sp³-hybridized carbons (Fsp3) is 0.188. The lowest BCUT2D eigenvalue weighted by Crippen LogP contribution is -2.08. The first-order valence-corrected chi connectivity index (χ1v) is 5.93. The van der Waals surface area contributed by atoms with E-state index in [0.29, 0.717) is 5.56 Å². The number of hydrogen-bond donors (Lipinski definition) is 0. The van der Waals surface area contributed by atoms with E-state index in [-0.39, 0.29) is 11.7 Å². The molecular formula is C16H14FN. The first-order valence-electron chi connectivity index (χ1n) is 5.93. The van der Waals surface area contributed by atoms with Crippen molar-refractivity contribution in [2.75, 3.05) is 0 Å². The third-order valence-electron chi connectivity index (χ3n) is 3.20. The van der Waals surface area contributed by atoms with Crippen LogP contribution in [0, 0.1) is 17.1 Å². The molecule has 0 saturated carbocycles. The molecule has 2 rings (SSSR count). The molecule has 0 aliphatic rings. The second kappa shape index (κ2) is 5.46. The molecule has 0 aliphatic carbocycles. The molecule has 0 radical (unpaired) electrons. The summed E-state index contributed by atoms with van der Waals surface area (Å²) in [7, 11) is 0. The second-order valence-corrected chi connectivity index (χ2v) is 4.33. The molecule has 2 unspecified atom stereocenters. The van der Waals surface area contributed by atoms with Crippen molar-refractivity contribution in [3.8, 4) is 6.07 Å². The summed E-state index contributed by atoms with van der Waals surface area (Å²) in [6.45, 7) is 1.95. The molecule has 2 atom stereocenters. The summed E-state index contributed by atoms with van der Waals surface area (Å²) in [5, 5.41) is 9.32. The normalized spacial score (nSPS) is 13.6. The highest BCUT2D eigenvalue weighted by Gasteiger charge is 2.22. The van der Waals surface area contributed by atoms with Gasteiger partial charge >= 0.3 is 0 Å². The Bertz CT molecular complexity index is 557. The molecule has 0 saturated heterocycles. The molecule has 1 nitrogen and oxygen atoms in total. The highest BCUT2D eigenvalue weighted by atomic mass is 19.1. The molecular weight excluding hydrogens is 225 g/mol. The molecule has 2 heteroatoms. The zero-order chi connectivity index (χ0) is 13.0. The summed E-state index contributed by atoms with van der Waals surface area (Å²) in [5.74, 6) is -0.812. The summed E-state index contributed by atoms with van der Waals surface area (Å²) in [6.07, 6.45) is 0. The summed E-state index contributed by atoms with van der Waals surface area (Å²) in [6, 6.07) is 18.4. The average Bonchev–Trinajstić information content (AvgIpc) is 2.42. The third-order valence-corrected chi connectivity index (χ3v) is 3.20. The second-order valence-electron chi connectivity index (χ2n) is 4.33. The van der Waals surface area contributed by atoms with Crippen LogP contribution in [0.4, 0.5) is 4.39 Å². The van der Waals surface area contributed by atoms with Crippen LogP contribution in [0.3, 0.4) is 0 Å². The van der Waals surface area contributed by atoms with E-state index in [1.807, 2.05) is 37.3 Å². The minimum absolute atomic E-state index is 0.0342. The fourth-order valence-corrected chi connectivity index (χ4v) is 2.13. The van der Waals surface area contributed by atoms with E-state index in [4.69, 9.17) is 0 Å². The third kappa shape index (κ3) is 2.41. The van der Waals surface area contributed by atoms with Crippen LogP contribution in [-0.2, 0) is 0 Å². The van der Waals surface area contributed by atoms with Crippen molar-refractivity contribution in [2.24, 2.45) is 0 Å². The minimum Gasteiger partial charge on any atom is -0.207 e. The quantitative estimate of drug-likeness (QED) is 0.786. The van der Waals surface area contributed by atoms with Crippen molar-refractivity contribution in [2.45, 2.75) is 18.8 Å². The zero-order valence-corrected chi connectivity index (χ0v) is 10.2. The summed E-state index contributed by atoms with van der Waals surface area (Å²) in [5.41, 5.74) is 1.52. The smallest absolute Gasteiger partial charge is 0.127 e. The molecule has 0 bridgehead atoms. The maximum absolute atomic E-state index is 13.8. The van der Waals surface area contributed by atoms with Gasteiger partial charge in [0.1, 0.15) is 5.82 Å². The Morgan fingerprint density at radius 3 is 2.22 bits per heavy atom. The molecule has 0 aliphatic heterocycles. The van der Waals surface area contributed by atoms with Crippen molar-refractivity contribution in [3.63, 3.8) is 0 Å². The maximum Gasteiger partial charge on any atom is 0.127 e. The van der Waals surface area contributed by atoms with Gasteiger partial charge in [-0.25, -0.2) is 4.39 Å². The molecule has 0 N–H and O–H groups in total. The molecule has 18 heavy (non-hydrogen) atoms. The van der Waals surface area contributed by atoms with E-state index in [0.717, 1.165) is 5.56 Å². The van der Waals surface area contributed by atoms with Crippen molar-refractivity contribution in [1.82, 2.24) is 0 Å². The molecule has 0 heterocycles. The van der Waals surface area contributed by atoms with Gasteiger partial charge in [-0.1, -0.05) is 55.5 Å². The van der Waals surface area contributed by atoms with Gasteiger partial charge in [0.05, 0.1) is 12.0 Å². The number of benzene rings is 2.